The quantitative estimate of drug-likeness (QED) is 0.610. The highest BCUT2D eigenvalue weighted by atomic mass is 16.6. The summed E-state index contributed by atoms with van der Waals surface area (Å²) in [7, 11) is 0. The van der Waals surface area contributed by atoms with E-state index in [9.17, 15) is 9.59 Å². The van der Waals surface area contributed by atoms with Crippen molar-refractivity contribution in [2.45, 2.75) is 77.2 Å². The van der Waals surface area contributed by atoms with Crippen LogP contribution in [0.15, 0.2) is 12.3 Å². The monoisotopic (exact) mass is 329 g/mol. The molecular weight excluding hydrogens is 302 g/mol. The molecule has 1 aromatic heterocycles. The van der Waals surface area contributed by atoms with E-state index in [0.717, 1.165) is 37.8 Å². The van der Waals surface area contributed by atoms with Gasteiger partial charge in [-0.2, -0.15) is 0 Å². The van der Waals surface area contributed by atoms with Gasteiger partial charge in [0.15, 0.2) is 0 Å². The van der Waals surface area contributed by atoms with Gasteiger partial charge in [0.1, 0.15) is 17.8 Å². The second-order valence-electron chi connectivity index (χ2n) is 7.37. The number of hydrogen-bond acceptors (Lipinski definition) is 4. The topological polar surface area (TPSA) is 56.3 Å². The van der Waals surface area contributed by atoms with Gasteiger partial charge in [0.05, 0.1) is 0 Å². The van der Waals surface area contributed by atoms with Gasteiger partial charge in [-0.25, -0.2) is 0 Å². The van der Waals surface area contributed by atoms with Crippen molar-refractivity contribution in [2.24, 2.45) is 5.92 Å². The fourth-order valence-corrected chi connectivity index (χ4v) is 4.30. The number of Topliss-reactive ketones (excluding diaryl/α,β-unsaturated/α-hetero) is 1. The van der Waals surface area contributed by atoms with Crippen molar-refractivity contribution in [2.75, 3.05) is 0 Å². The van der Waals surface area contributed by atoms with Crippen molar-refractivity contribution in [3.63, 3.8) is 0 Å². The number of nitrogens with zero attached hydrogens (tertiary/aromatic N) is 1. The molecule has 1 aliphatic heterocycles. The molecule has 0 aromatic carbocycles. The minimum absolute atomic E-state index is 0.0406. The maximum absolute atomic E-state index is 12.1. The average Bonchev–Trinajstić information content (AvgIpc) is 3.08. The Bertz CT molecular complexity index is 616. The summed E-state index contributed by atoms with van der Waals surface area (Å²) in [4.78, 5) is 28.5. The first-order valence-corrected chi connectivity index (χ1v) is 9.20. The molecule has 2 heterocycles. The van der Waals surface area contributed by atoms with Gasteiger partial charge in [0.25, 0.3) is 0 Å². The molecular formula is C20H27NO3. The number of cyclic esters (lactones) is 1. The van der Waals surface area contributed by atoms with Crippen LogP contribution in [0.1, 0.15) is 68.7 Å². The summed E-state index contributed by atoms with van der Waals surface area (Å²) in [5, 5.41) is 0. The molecule has 0 spiro atoms. The van der Waals surface area contributed by atoms with E-state index < -0.39 is 5.60 Å². The van der Waals surface area contributed by atoms with Crippen LogP contribution in [0.2, 0.25) is 0 Å². The van der Waals surface area contributed by atoms with Crippen LogP contribution >= 0.6 is 0 Å². The molecule has 24 heavy (non-hydrogen) atoms. The number of esters is 1. The Morgan fingerprint density at radius 3 is 2.71 bits per heavy atom. The summed E-state index contributed by atoms with van der Waals surface area (Å²) in [5.74, 6) is 0.0381. The van der Waals surface area contributed by atoms with Crippen molar-refractivity contribution >= 4 is 11.8 Å². The largest absolute Gasteiger partial charge is 0.458 e. The Hall–Kier alpha value is -1.71. The second-order valence-corrected chi connectivity index (χ2v) is 7.37. The van der Waals surface area contributed by atoms with E-state index in [0.29, 0.717) is 12.3 Å². The van der Waals surface area contributed by atoms with Gasteiger partial charge in [-0.3, -0.25) is 14.6 Å². The molecule has 1 aromatic rings. The molecule has 0 bridgehead atoms. The molecule has 1 unspecified atom stereocenters. The molecule has 0 N–H and O–H groups in total. The third-order valence-corrected chi connectivity index (χ3v) is 5.71. The summed E-state index contributed by atoms with van der Waals surface area (Å²) >= 11 is 0. The van der Waals surface area contributed by atoms with Crippen LogP contribution in [0.25, 0.3) is 0 Å². The number of pyridine rings is 1. The Balaban J connectivity index is 1.82. The number of carbonyl (C=O) groups excluding carboxylic acids is 2. The highest BCUT2D eigenvalue weighted by molar-refractivity contribution is 5.98. The van der Waals surface area contributed by atoms with Crippen molar-refractivity contribution in [1.29, 1.82) is 0 Å². The number of hydrogen-bond donors (Lipinski definition) is 0. The molecule has 1 aliphatic carbocycles. The minimum Gasteiger partial charge on any atom is -0.458 e. The van der Waals surface area contributed by atoms with E-state index in [-0.39, 0.29) is 18.2 Å². The van der Waals surface area contributed by atoms with E-state index >= 15 is 0 Å². The normalized spacial score (nSPS) is 25.1. The van der Waals surface area contributed by atoms with E-state index in [1.165, 1.54) is 24.0 Å². The van der Waals surface area contributed by atoms with Crippen LogP contribution < -0.4 is 0 Å². The first-order valence-electron chi connectivity index (χ1n) is 9.20. The van der Waals surface area contributed by atoms with Gasteiger partial charge < -0.3 is 4.74 Å². The predicted molar refractivity (Wildman–Crippen MR) is 91.7 cm³/mol. The van der Waals surface area contributed by atoms with Gasteiger partial charge in [-0.15, -0.1) is 0 Å². The summed E-state index contributed by atoms with van der Waals surface area (Å²) in [6, 6.07) is 2.16. The van der Waals surface area contributed by atoms with Gasteiger partial charge in [-0.05, 0) is 62.1 Å². The van der Waals surface area contributed by atoms with Gasteiger partial charge in [-0.1, -0.05) is 19.8 Å². The zero-order valence-electron chi connectivity index (χ0n) is 14.8. The van der Waals surface area contributed by atoms with Crippen LogP contribution in [0.5, 0.6) is 0 Å². The lowest BCUT2D eigenvalue weighted by molar-refractivity contribution is -0.178. The fraction of sp³-hybridized carbons (Fsp3) is 0.650. The minimum atomic E-state index is -0.578. The van der Waals surface area contributed by atoms with Crippen LogP contribution in [0, 0.1) is 12.8 Å². The lowest BCUT2D eigenvalue weighted by Crippen LogP contribution is -2.48. The van der Waals surface area contributed by atoms with Crippen molar-refractivity contribution < 1.29 is 14.3 Å². The zero-order chi connectivity index (χ0) is 17.2. The molecule has 130 valence electrons. The number of aryl methyl sites for hydroxylation is 3. The fourth-order valence-electron chi connectivity index (χ4n) is 4.30. The van der Waals surface area contributed by atoms with E-state index in [2.05, 4.69) is 24.9 Å². The maximum atomic E-state index is 12.1. The van der Waals surface area contributed by atoms with E-state index in [1.807, 2.05) is 6.20 Å². The lowest BCUT2D eigenvalue weighted by Gasteiger charge is -2.41. The average molecular weight is 329 g/mol. The molecule has 4 heteroatoms. The Morgan fingerprint density at radius 1 is 1.29 bits per heavy atom. The van der Waals surface area contributed by atoms with Crippen molar-refractivity contribution in [3.05, 3.63) is 29.1 Å². The lowest BCUT2D eigenvalue weighted by atomic mass is 9.76. The molecule has 1 saturated heterocycles. The van der Waals surface area contributed by atoms with E-state index in [4.69, 9.17) is 4.74 Å². The zero-order valence-corrected chi connectivity index (χ0v) is 14.8. The molecule has 4 nitrogen and oxygen atoms in total. The third kappa shape index (κ3) is 3.52. The molecule has 3 rings (SSSR count). The number of carbonyl (C=O) groups is 2. The smallest absolute Gasteiger partial charge is 0.313 e. The molecule has 2 aliphatic rings. The first-order chi connectivity index (χ1) is 11.5. The SMILES string of the molecule is CCc1cc(CCC2(C3CCCC3)CC(=O)CC(=O)O2)c(C)cn1. The summed E-state index contributed by atoms with van der Waals surface area (Å²) < 4.78 is 5.87. The maximum Gasteiger partial charge on any atom is 0.313 e. The standard InChI is InChI=1S/C20H27NO3/c1-3-17-10-15(14(2)13-21-17)8-9-20(16-6-4-5-7-16)12-18(22)11-19(23)24-20/h10,13,16H,3-9,11-12H2,1-2H3. The van der Waals surface area contributed by atoms with E-state index in [1.54, 1.807) is 0 Å². The number of aromatic nitrogens is 1. The Labute approximate surface area is 144 Å². The molecule has 0 radical (unpaired) electrons. The Kier molecular flexibility index (Phi) is 5.02. The van der Waals surface area contributed by atoms with Gasteiger partial charge in [0, 0.05) is 18.3 Å². The molecule has 1 saturated carbocycles. The van der Waals surface area contributed by atoms with Gasteiger partial charge in [0.2, 0.25) is 0 Å². The molecule has 0 amide bonds. The molecule has 1 atom stereocenters. The van der Waals surface area contributed by atoms with Crippen LogP contribution in [-0.2, 0) is 27.2 Å². The summed E-state index contributed by atoms with van der Waals surface area (Å²) in [6.45, 7) is 4.17. The van der Waals surface area contributed by atoms with Crippen molar-refractivity contribution in [3.8, 4) is 0 Å². The number of ether oxygens (including phenoxy) is 1. The summed E-state index contributed by atoms with van der Waals surface area (Å²) in [6.07, 6.45) is 9.23. The molecule has 2 fully saturated rings. The van der Waals surface area contributed by atoms with Crippen LogP contribution in [0.4, 0.5) is 0 Å². The third-order valence-electron chi connectivity index (χ3n) is 5.71. The first kappa shape index (κ1) is 17.1. The number of rotatable bonds is 5. The second kappa shape index (κ2) is 7.04. The highest BCUT2D eigenvalue weighted by Crippen LogP contribution is 2.44. The highest BCUT2D eigenvalue weighted by Gasteiger charge is 2.47. The Morgan fingerprint density at radius 2 is 2.04 bits per heavy atom. The predicted octanol–water partition coefficient (Wildman–Crippen LogP) is 3.72. The van der Waals surface area contributed by atoms with Crippen LogP contribution in [0.3, 0.4) is 0 Å². The summed E-state index contributed by atoms with van der Waals surface area (Å²) in [5.41, 5.74) is 2.93. The van der Waals surface area contributed by atoms with Crippen LogP contribution in [-0.4, -0.2) is 22.3 Å². The van der Waals surface area contributed by atoms with Gasteiger partial charge >= 0.3 is 5.97 Å². The number of ketones is 1. The van der Waals surface area contributed by atoms with Crippen molar-refractivity contribution in [1.82, 2.24) is 4.98 Å².